The van der Waals surface area contributed by atoms with Crippen molar-refractivity contribution in [3.05, 3.63) is 89.6 Å². The summed E-state index contributed by atoms with van der Waals surface area (Å²) in [6, 6.07) is 20.1. The summed E-state index contributed by atoms with van der Waals surface area (Å²) >= 11 is 0. The molecule has 1 unspecified atom stereocenters. The van der Waals surface area contributed by atoms with Gasteiger partial charge in [-0.1, -0.05) is 73.7 Å². The number of hydrogen-bond donors (Lipinski definition) is 1. The minimum Gasteiger partial charge on any atom is -0.388 e. The molecule has 2 aromatic rings. The molecular weight excluding hydrogens is 490 g/mol. The molecule has 2 fully saturated rings. The fourth-order valence-corrected chi connectivity index (χ4v) is 5.73. The van der Waals surface area contributed by atoms with Crippen molar-refractivity contribution in [1.29, 1.82) is 0 Å². The fraction of sp³-hybridized carbons (Fsp3) is 0.438. The predicted molar refractivity (Wildman–Crippen MR) is 152 cm³/mol. The maximum atomic E-state index is 13.6. The number of aliphatic hydroxyl groups is 1. The quantitative estimate of drug-likeness (QED) is 0.593. The van der Waals surface area contributed by atoms with E-state index in [1.165, 1.54) is 5.56 Å². The highest BCUT2D eigenvalue weighted by Crippen LogP contribution is 2.31. The van der Waals surface area contributed by atoms with Gasteiger partial charge in [-0.3, -0.25) is 9.59 Å². The Balaban J connectivity index is 1.23. The zero-order chi connectivity index (χ0) is 27.2. The highest BCUT2D eigenvalue weighted by atomic mass is 16.5. The average molecular weight is 530 g/mol. The van der Waals surface area contributed by atoms with E-state index in [1.807, 2.05) is 64.5 Å². The number of carbonyl (C=O) groups excluding carboxylic acids is 2. The number of β-amino-alcohol motifs (C(OH)–C–C–N with tert-alkyl or cyclic N) is 1. The van der Waals surface area contributed by atoms with Crippen LogP contribution in [0.1, 0.15) is 43.2 Å². The topological polar surface area (TPSA) is 73.3 Å². The molecule has 2 saturated heterocycles. The van der Waals surface area contributed by atoms with Gasteiger partial charge in [-0.25, -0.2) is 0 Å². The molecule has 3 heterocycles. The molecule has 5 rings (SSSR count). The largest absolute Gasteiger partial charge is 0.388 e. The Morgan fingerprint density at radius 1 is 0.923 bits per heavy atom. The molecule has 0 aliphatic carbocycles. The van der Waals surface area contributed by atoms with Crippen molar-refractivity contribution in [2.75, 3.05) is 52.5 Å². The Hall–Kier alpha value is -3.42. The molecule has 2 amide bonds. The zero-order valence-electron chi connectivity index (χ0n) is 22.8. The molecule has 0 radical (unpaired) electrons. The van der Waals surface area contributed by atoms with Crippen LogP contribution in [0.3, 0.4) is 0 Å². The monoisotopic (exact) mass is 529 g/mol. The SMILES string of the molecule is CC(CC(=O)N1CCC(O)(CN2C=C(C(=O)N3CCOCC3)C(c3ccccc3)=CC2)CC1)c1ccccc1. The summed E-state index contributed by atoms with van der Waals surface area (Å²) < 4.78 is 5.45. The molecule has 0 bridgehead atoms. The molecule has 7 nitrogen and oxygen atoms in total. The normalized spacial score (nSPS) is 20.2. The molecule has 39 heavy (non-hydrogen) atoms. The Labute approximate surface area is 231 Å². The van der Waals surface area contributed by atoms with Crippen LogP contribution in [0.2, 0.25) is 0 Å². The number of piperidine rings is 1. The van der Waals surface area contributed by atoms with Gasteiger partial charge in [0.2, 0.25) is 5.91 Å². The van der Waals surface area contributed by atoms with E-state index in [2.05, 4.69) is 30.0 Å². The average Bonchev–Trinajstić information content (AvgIpc) is 2.98. The van der Waals surface area contributed by atoms with Gasteiger partial charge in [0, 0.05) is 51.9 Å². The lowest BCUT2D eigenvalue weighted by atomic mass is 9.89. The van der Waals surface area contributed by atoms with Crippen LogP contribution < -0.4 is 0 Å². The second kappa shape index (κ2) is 12.2. The number of amides is 2. The third-order valence-electron chi connectivity index (χ3n) is 8.14. The first-order chi connectivity index (χ1) is 18.9. The van der Waals surface area contributed by atoms with Gasteiger partial charge in [0.25, 0.3) is 5.91 Å². The van der Waals surface area contributed by atoms with Crippen LogP contribution >= 0.6 is 0 Å². The Morgan fingerprint density at radius 3 is 2.23 bits per heavy atom. The zero-order valence-corrected chi connectivity index (χ0v) is 22.8. The van der Waals surface area contributed by atoms with E-state index in [1.54, 1.807) is 0 Å². The highest BCUT2D eigenvalue weighted by molar-refractivity contribution is 6.09. The molecule has 0 saturated carbocycles. The first-order valence-electron chi connectivity index (χ1n) is 14.1. The summed E-state index contributed by atoms with van der Waals surface area (Å²) in [5, 5.41) is 11.5. The number of likely N-dealkylation sites (tertiary alicyclic amines) is 1. The number of carbonyl (C=O) groups is 2. The second-order valence-corrected chi connectivity index (χ2v) is 11.0. The maximum Gasteiger partial charge on any atom is 0.256 e. The van der Waals surface area contributed by atoms with E-state index >= 15 is 0 Å². The van der Waals surface area contributed by atoms with Gasteiger partial charge in [0.15, 0.2) is 0 Å². The summed E-state index contributed by atoms with van der Waals surface area (Å²) in [5.41, 5.74) is 2.86. The van der Waals surface area contributed by atoms with Crippen LogP contribution in [-0.4, -0.2) is 89.7 Å². The van der Waals surface area contributed by atoms with Gasteiger partial charge in [-0.05, 0) is 35.5 Å². The third kappa shape index (κ3) is 6.60. The summed E-state index contributed by atoms with van der Waals surface area (Å²) in [6.45, 7) is 6.46. The van der Waals surface area contributed by atoms with Crippen LogP contribution in [0.25, 0.3) is 5.57 Å². The fourth-order valence-electron chi connectivity index (χ4n) is 5.73. The van der Waals surface area contributed by atoms with E-state index < -0.39 is 5.60 Å². The molecule has 2 aromatic carbocycles. The van der Waals surface area contributed by atoms with Crippen molar-refractivity contribution in [2.45, 2.75) is 37.7 Å². The van der Waals surface area contributed by atoms with Gasteiger partial charge in [-0.2, -0.15) is 0 Å². The Morgan fingerprint density at radius 2 is 1.56 bits per heavy atom. The van der Waals surface area contributed by atoms with Gasteiger partial charge in [0.05, 0.1) is 24.4 Å². The second-order valence-electron chi connectivity index (χ2n) is 11.0. The van der Waals surface area contributed by atoms with Crippen molar-refractivity contribution >= 4 is 17.4 Å². The van der Waals surface area contributed by atoms with Crippen molar-refractivity contribution in [2.24, 2.45) is 0 Å². The van der Waals surface area contributed by atoms with Crippen molar-refractivity contribution in [3.63, 3.8) is 0 Å². The first kappa shape index (κ1) is 27.2. The van der Waals surface area contributed by atoms with Crippen molar-refractivity contribution < 1.29 is 19.4 Å². The van der Waals surface area contributed by atoms with Gasteiger partial charge in [0.1, 0.15) is 0 Å². The van der Waals surface area contributed by atoms with Crippen LogP contribution in [0, 0.1) is 0 Å². The summed E-state index contributed by atoms with van der Waals surface area (Å²) in [6.07, 6.45) is 5.53. The number of benzene rings is 2. The van der Waals surface area contributed by atoms with Gasteiger partial charge < -0.3 is 24.5 Å². The standard InChI is InChI=1S/C32H39N3O4/c1-25(26-8-4-2-5-9-26)22-30(36)34-16-13-32(38,14-17-34)24-33-15-12-28(27-10-6-3-7-11-27)29(23-33)31(37)35-18-20-39-21-19-35/h2-12,23,25,38H,13-22,24H2,1H3. The lowest BCUT2D eigenvalue weighted by Gasteiger charge is -2.41. The number of hydrogen-bond acceptors (Lipinski definition) is 5. The number of nitrogens with zero attached hydrogens (tertiary/aromatic N) is 3. The van der Waals surface area contributed by atoms with Gasteiger partial charge in [-0.15, -0.1) is 0 Å². The summed E-state index contributed by atoms with van der Waals surface area (Å²) in [4.78, 5) is 32.4. The molecule has 1 atom stereocenters. The molecular formula is C32H39N3O4. The van der Waals surface area contributed by atoms with Crippen LogP contribution in [-0.2, 0) is 14.3 Å². The molecule has 206 valence electrons. The molecule has 7 heteroatoms. The number of ether oxygens (including phenoxy) is 1. The van der Waals surface area contributed by atoms with Crippen molar-refractivity contribution in [1.82, 2.24) is 14.7 Å². The molecule has 0 spiro atoms. The first-order valence-corrected chi connectivity index (χ1v) is 14.1. The van der Waals surface area contributed by atoms with Crippen molar-refractivity contribution in [3.8, 4) is 0 Å². The molecule has 0 aromatic heterocycles. The number of morpholine rings is 1. The van der Waals surface area contributed by atoms with Crippen LogP contribution in [0.5, 0.6) is 0 Å². The maximum absolute atomic E-state index is 13.6. The third-order valence-corrected chi connectivity index (χ3v) is 8.14. The van der Waals surface area contributed by atoms with E-state index in [0.29, 0.717) is 77.3 Å². The predicted octanol–water partition coefficient (Wildman–Crippen LogP) is 3.68. The Bertz CT molecular complexity index is 1200. The van der Waals surface area contributed by atoms with Crippen LogP contribution in [0.15, 0.2) is 78.5 Å². The minimum atomic E-state index is -0.913. The van der Waals surface area contributed by atoms with E-state index in [0.717, 1.165) is 11.1 Å². The lowest BCUT2D eigenvalue weighted by molar-refractivity contribution is -0.136. The van der Waals surface area contributed by atoms with Gasteiger partial charge >= 0.3 is 0 Å². The van der Waals surface area contributed by atoms with E-state index in [4.69, 9.17) is 4.74 Å². The van der Waals surface area contributed by atoms with E-state index in [9.17, 15) is 14.7 Å². The lowest BCUT2D eigenvalue weighted by Crippen LogP contribution is -2.52. The molecule has 1 N–H and O–H groups in total. The highest BCUT2D eigenvalue weighted by Gasteiger charge is 2.36. The summed E-state index contributed by atoms with van der Waals surface area (Å²) in [5.74, 6) is 0.296. The van der Waals surface area contributed by atoms with E-state index in [-0.39, 0.29) is 17.7 Å². The smallest absolute Gasteiger partial charge is 0.256 e. The minimum absolute atomic E-state index is 0.00181. The summed E-state index contributed by atoms with van der Waals surface area (Å²) in [7, 11) is 0. The number of rotatable bonds is 7. The van der Waals surface area contributed by atoms with Crippen LogP contribution in [0.4, 0.5) is 0 Å². The molecule has 3 aliphatic heterocycles. The Kier molecular flexibility index (Phi) is 8.48. The molecule has 3 aliphatic rings.